The molecule has 1 aromatic heterocycles. The highest BCUT2D eigenvalue weighted by atomic mass is 35.5. The Kier molecular flexibility index (Phi) is 5.14. The van der Waals surface area contributed by atoms with E-state index in [0.717, 1.165) is 24.1 Å². The highest BCUT2D eigenvalue weighted by molar-refractivity contribution is 7.92. The van der Waals surface area contributed by atoms with Gasteiger partial charge in [0, 0.05) is 17.3 Å². The Bertz CT molecular complexity index is 1130. The predicted octanol–water partition coefficient (Wildman–Crippen LogP) is 4.80. The molecule has 28 heavy (non-hydrogen) atoms. The number of nitrogens with one attached hydrogen (secondary N) is 1. The summed E-state index contributed by atoms with van der Waals surface area (Å²) in [5.41, 5.74) is 2.18. The minimum absolute atomic E-state index is 0.0641. The van der Waals surface area contributed by atoms with Crippen LogP contribution < -0.4 is 9.62 Å². The van der Waals surface area contributed by atoms with Gasteiger partial charge in [-0.2, -0.15) is 0 Å². The number of hydrogen-bond acceptors (Lipinski definition) is 4. The second-order valence-electron chi connectivity index (χ2n) is 6.44. The molecular weight excluding hydrogens is 416 g/mol. The van der Waals surface area contributed by atoms with Crippen LogP contribution in [0, 0.1) is 0 Å². The first-order valence-corrected chi connectivity index (χ1v) is 11.4. The Morgan fingerprint density at radius 2 is 1.96 bits per heavy atom. The van der Waals surface area contributed by atoms with Crippen molar-refractivity contribution in [3.63, 3.8) is 0 Å². The third-order valence-electron chi connectivity index (χ3n) is 4.54. The number of thiophene rings is 1. The van der Waals surface area contributed by atoms with Crippen LogP contribution in [0.3, 0.4) is 0 Å². The number of halogens is 1. The first-order valence-electron chi connectivity index (χ1n) is 8.71. The van der Waals surface area contributed by atoms with E-state index in [9.17, 15) is 13.2 Å². The average Bonchev–Trinajstić information content (AvgIpc) is 3.21. The van der Waals surface area contributed by atoms with Crippen LogP contribution in [0.2, 0.25) is 5.02 Å². The van der Waals surface area contributed by atoms with E-state index in [2.05, 4.69) is 4.72 Å². The van der Waals surface area contributed by atoms with Crippen molar-refractivity contribution in [1.29, 1.82) is 0 Å². The molecule has 0 unspecified atom stereocenters. The topological polar surface area (TPSA) is 66.5 Å². The molecule has 3 aromatic rings. The van der Waals surface area contributed by atoms with Gasteiger partial charge in [0.2, 0.25) is 0 Å². The molecule has 1 aliphatic rings. The molecule has 0 bridgehead atoms. The molecule has 0 atom stereocenters. The monoisotopic (exact) mass is 432 g/mol. The number of hydrogen-bond donors (Lipinski definition) is 1. The minimum atomic E-state index is -3.78. The number of sulfonamides is 1. The van der Waals surface area contributed by atoms with Crippen LogP contribution in [0.1, 0.15) is 21.7 Å². The molecule has 144 valence electrons. The molecule has 0 aliphatic carbocycles. The fourth-order valence-corrected chi connectivity index (χ4v) is 5.25. The van der Waals surface area contributed by atoms with Gasteiger partial charge in [0.05, 0.1) is 15.5 Å². The molecule has 1 N–H and O–H groups in total. The summed E-state index contributed by atoms with van der Waals surface area (Å²) in [4.78, 5) is 15.3. The fourth-order valence-electron chi connectivity index (χ4n) is 3.23. The maximum absolute atomic E-state index is 12.9. The van der Waals surface area contributed by atoms with E-state index in [0.29, 0.717) is 22.1 Å². The third kappa shape index (κ3) is 3.78. The van der Waals surface area contributed by atoms with Gasteiger partial charge in [-0.1, -0.05) is 29.8 Å². The van der Waals surface area contributed by atoms with E-state index in [1.54, 1.807) is 35.2 Å². The van der Waals surface area contributed by atoms with Gasteiger partial charge in [0.15, 0.2) is 0 Å². The lowest BCUT2D eigenvalue weighted by Gasteiger charge is -2.29. The second-order valence-corrected chi connectivity index (χ2v) is 9.51. The summed E-state index contributed by atoms with van der Waals surface area (Å²) in [5, 5.41) is 2.22. The SMILES string of the molecule is O=C(c1cccs1)N1CCCc2ccc(NS(=O)(=O)c3cccc(Cl)c3)cc21. The van der Waals surface area contributed by atoms with Crippen LogP contribution in [0.15, 0.2) is 64.9 Å². The molecule has 5 nitrogen and oxygen atoms in total. The van der Waals surface area contributed by atoms with Gasteiger partial charge in [-0.25, -0.2) is 8.42 Å². The van der Waals surface area contributed by atoms with Gasteiger partial charge in [0.25, 0.3) is 15.9 Å². The maximum Gasteiger partial charge on any atom is 0.268 e. The van der Waals surface area contributed by atoms with E-state index < -0.39 is 10.0 Å². The van der Waals surface area contributed by atoms with Crippen molar-refractivity contribution in [2.24, 2.45) is 0 Å². The van der Waals surface area contributed by atoms with Crippen molar-refractivity contribution in [3.8, 4) is 0 Å². The molecule has 1 amide bonds. The smallest absolute Gasteiger partial charge is 0.268 e. The standard InChI is InChI=1S/C20H17ClN2O3S2/c21-15-5-1-6-17(12-15)28(25,26)22-16-9-8-14-4-2-10-23(18(14)13-16)20(24)19-7-3-11-27-19/h1,3,5-9,11-13,22H,2,4,10H2. The van der Waals surface area contributed by atoms with E-state index in [4.69, 9.17) is 11.6 Å². The first-order chi connectivity index (χ1) is 13.4. The number of carbonyl (C=O) groups excluding carboxylic acids is 1. The quantitative estimate of drug-likeness (QED) is 0.644. The van der Waals surface area contributed by atoms with Gasteiger partial charge in [-0.05, 0) is 60.2 Å². The molecule has 0 fully saturated rings. The molecule has 0 saturated heterocycles. The van der Waals surface area contributed by atoms with Crippen LogP contribution in [-0.4, -0.2) is 20.9 Å². The van der Waals surface area contributed by atoms with E-state index in [1.807, 2.05) is 17.5 Å². The Hall–Kier alpha value is -2.35. The summed E-state index contributed by atoms with van der Waals surface area (Å²) in [7, 11) is -3.78. The summed E-state index contributed by atoms with van der Waals surface area (Å²) in [6, 6.07) is 15.1. The van der Waals surface area contributed by atoms with E-state index in [-0.39, 0.29) is 10.8 Å². The normalized spacial score (nSPS) is 13.8. The van der Waals surface area contributed by atoms with Crippen LogP contribution in [-0.2, 0) is 16.4 Å². The zero-order valence-electron chi connectivity index (χ0n) is 14.8. The van der Waals surface area contributed by atoms with Gasteiger partial charge in [-0.3, -0.25) is 9.52 Å². The molecule has 0 spiro atoms. The van der Waals surface area contributed by atoms with Gasteiger partial charge in [-0.15, -0.1) is 11.3 Å². The number of fused-ring (bicyclic) bond motifs is 1. The summed E-state index contributed by atoms with van der Waals surface area (Å²) in [6.07, 6.45) is 1.72. The zero-order chi connectivity index (χ0) is 19.7. The number of carbonyl (C=O) groups is 1. The molecule has 8 heteroatoms. The Morgan fingerprint density at radius 3 is 2.71 bits per heavy atom. The number of aryl methyl sites for hydroxylation is 1. The number of anilines is 2. The molecule has 2 heterocycles. The van der Waals surface area contributed by atoms with Crippen molar-refractivity contribution >= 4 is 50.2 Å². The Labute approximate surface area is 172 Å². The van der Waals surface area contributed by atoms with E-state index in [1.165, 1.54) is 23.5 Å². The highest BCUT2D eigenvalue weighted by Crippen LogP contribution is 2.32. The second kappa shape index (κ2) is 7.58. The van der Waals surface area contributed by atoms with Crippen LogP contribution >= 0.6 is 22.9 Å². The van der Waals surface area contributed by atoms with Crippen LogP contribution in [0.5, 0.6) is 0 Å². The summed E-state index contributed by atoms with van der Waals surface area (Å²) in [6.45, 7) is 0.605. The largest absolute Gasteiger partial charge is 0.307 e. The minimum Gasteiger partial charge on any atom is -0.307 e. The number of benzene rings is 2. The van der Waals surface area contributed by atoms with Gasteiger partial charge < -0.3 is 4.90 Å². The Morgan fingerprint density at radius 1 is 1.11 bits per heavy atom. The molecule has 4 rings (SSSR count). The van der Waals surface area contributed by atoms with Gasteiger partial charge >= 0.3 is 0 Å². The number of amides is 1. The van der Waals surface area contributed by atoms with Crippen molar-refractivity contribution in [1.82, 2.24) is 0 Å². The number of nitrogens with zero attached hydrogens (tertiary/aromatic N) is 1. The number of rotatable bonds is 4. The van der Waals surface area contributed by atoms with Crippen molar-refractivity contribution in [2.45, 2.75) is 17.7 Å². The van der Waals surface area contributed by atoms with Crippen LogP contribution in [0.4, 0.5) is 11.4 Å². The van der Waals surface area contributed by atoms with Crippen molar-refractivity contribution in [2.75, 3.05) is 16.2 Å². The van der Waals surface area contributed by atoms with Crippen molar-refractivity contribution in [3.05, 3.63) is 75.4 Å². The first kappa shape index (κ1) is 19.0. The van der Waals surface area contributed by atoms with Crippen LogP contribution in [0.25, 0.3) is 0 Å². The fraction of sp³-hybridized carbons (Fsp3) is 0.150. The predicted molar refractivity (Wildman–Crippen MR) is 113 cm³/mol. The summed E-state index contributed by atoms with van der Waals surface area (Å²) >= 11 is 7.31. The molecule has 0 saturated carbocycles. The van der Waals surface area contributed by atoms with Gasteiger partial charge in [0.1, 0.15) is 0 Å². The lowest BCUT2D eigenvalue weighted by atomic mass is 10.0. The van der Waals surface area contributed by atoms with Crippen molar-refractivity contribution < 1.29 is 13.2 Å². The summed E-state index contributed by atoms with van der Waals surface area (Å²) < 4.78 is 27.9. The summed E-state index contributed by atoms with van der Waals surface area (Å²) in [5.74, 6) is -0.0641. The third-order valence-corrected chi connectivity index (χ3v) is 7.01. The lowest BCUT2D eigenvalue weighted by Crippen LogP contribution is -2.35. The Balaban J connectivity index is 1.66. The average molecular weight is 433 g/mol. The molecule has 1 aliphatic heterocycles. The molecule has 2 aromatic carbocycles. The molecule has 0 radical (unpaired) electrons. The maximum atomic E-state index is 12.9. The van der Waals surface area contributed by atoms with E-state index >= 15 is 0 Å². The molecular formula is C20H17ClN2O3S2. The highest BCUT2D eigenvalue weighted by Gasteiger charge is 2.25. The lowest BCUT2D eigenvalue weighted by molar-refractivity contribution is 0.0989. The zero-order valence-corrected chi connectivity index (χ0v) is 17.2.